The van der Waals surface area contributed by atoms with E-state index in [9.17, 15) is 9.90 Å². The lowest BCUT2D eigenvalue weighted by atomic mass is 9.93. The largest absolute Gasteiger partial charge is 0.508 e. The molecule has 0 aliphatic carbocycles. The molecule has 0 fully saturated rings. The van der Waals surface area contributed by atoms with Gasteiger partial charge < -0.3 is 9.52 Å². The number of phenolic OH excluding ortho intramolecular Hbond substituents is 1. The highest BCUT2D eigenvalue weighted by molar-refractivity contribution is 5.95. The Bertz CT molecular complexity index is 927. The summed E-state index contributed by atoms with van der Waals surface area (Å²) in [5, 5.41) is 10.6. The van der Waals surface area contributed by atoms with Gasteiger partial charge in [-0.05, 0) is 37.7 Å². The first-order chi connectivity index (χ1) is 12.1. The Morgan fingerprint density at radius 1 is 1.08 bits per heavy atom. The van der Waals surface area contributed by atoms with Gasteiger partial charge in [-0.25, -0.2) is 4.79 Å². The molecule has 0 aliphatic heterocycles. The number of phenols is 1. The quantitative estimate of drug-likeness (QED) is 0.693. The van der Waals surface area contributed by atoms with E-state index >= 15 is 0 Å². The second-order valence-corrected chi connectivity index (χ2v) is 6.12. The Balaban J connectivity index is 2.38. The van der Waals surface area contributed by atoms with Crippen molar-refractivity contribution in [3.05, 3.63) is 64.5 Å². The molecule has 1 heterocycles. The molecule has 0 bridgehead atoms. The van der Waals surface area contributed by atoms with Crippen LogP contribution in [0.1, 0.15) is 32.4 Å². The Kier molecular flexibility index (Phi) is 4.91. The lowest BCUT2D eigenvalue weighted by Crippen LogP contribution is -2.30. The summed E-state index contributed by atoms with van der Waals surface area (Å²) in [6.07, 6.45) is 0. The van der Waals surface area contributed by atoms with Crippen LogP contribution in [0, 0.1) is 0 Å². The van der Waals surface area contributed by atoms with Crippen molar-refractivity contribution in [1.82, 2.24) is 4.90 Å². The van der Waals surface area contributed by atoms with E-state index in [1.54, 1.807) is 6.07 Å². The monoisotopic (exact) mass is 337 g/mol. The second-order valence-electron chi connectivity index (χ2n) is 6.12. The zero-order chi connectivity index (χ0) is 18.0. The van der Waals surface area contributed by atoms with Crippen LogP contribution in [0.5, 0.6) is 5.75 Å². The minimum atomic E-state index is -0.351. The van der Waals surface area contributed by atoms with Crippen LogP contribution in [0.4, 0.5) is 0 Å². The maximum Gasteiger partial charge on any atom is 0.341 e. The molecular weight excluding hydrogens is 314 g/mol. The van der Waals surface area contributed by atoms with Crippen LogP contribution in [0.25, 0.3) is 22.1 Å². The van der Waals surface area contributed by atoms with E-state index in [4.69, 9.17) is 4.42 Å². The molecule has 130 valence electrons. The van der Waals surface area contributed by atoms with Crippen molar-refractivity contribution < 1.29 is 9.52 Å². The average Bonchev–Trinajstić information content (AvgIpc) is 2.62. The molecule has 25 heavy (non-hydrogen) atoms. The summed E-state index contributed by atoms with van der Waals surface area (Å²) in [7, 11) is 0. The molecule has 1 aromatic heterocycles. The molecule has 3 aromatic rings. The Morgan fingerprint density at radius 3 is 2.40 bits per heavy atom. The molecule has 4 heteroatoms. The summed E-state index contributed by atoms with van der Waals surface area (Å²) in [5.41, 5.74) is 2.56. The van der Waals surface area contributed by atoms with Gasteiger partial charge in [0.05, 0.1) is 5.56 Å². The first-order valence-electron chi connectivity index (χ1n) is 8.66. The van der Waals surface area contributed by atoms with Crippen molar-refractivity contribution >= 4 is 11.0 Å². The Hall–Kier alpha value is -2.59. The van der Waals surface area contributed by atoms with Crippen LogP contribution < -0.4 is 5.63 Å². The van der Waals surface area contributed by atoms with Crippen molar-refractivity contribution in [3.63, 3.8) is 0 Å². The van der Waals surface area contributed by atoms with Crippen LogP contribution in [0.15, 0.2) is 57.7 Å². The highest BCUT2D eigenvalue weighted by Crippen LogP contribution is 2.36. The fraction of sp³-hybridized carbons (Fsp3) is 0.286. The second kappa shape index (κ2) is 7.11. The first-order valence-corrected chi connectivity index (χ1v) is 8.66. The minimum absolute atomic E-state index is 0.0698. The maximum absolute atomic E-state index is 12.8. The van der Waals surface area contributed by atoms with Gasteiger partial charge >= 0.3 is 5.63 Å². The fourth-order valence-corrected chi connectivity index (χ4v) is 3.45. The van der Waals surface area contributed by atoms with E-state index in [1.807, 2.05) is 43.3 Å². The van der Waals surface area contributed by atoms with E-state index in [0.29, 0.717) is 11.1 Å². The molecule has 0 radical (unpaired) electrons. The predicted octanol–water partition coefficient (Wildman–Crippen LogP) is 4.57. The highest BCUT2D eigenvalue weighted by atomic mass is 16.4. The third-order valence-corrected chi connectivity index (χ3v) is 4.77. The van der Waals surface area contributed by atoms with Gasteiger partial charge in [0.25, 0.3) is 0 Å². The number of nitrogens with zero attached hydrogens (tertiary/aromatic N) is 1. The number of fused-ring (bicyclic) bond motifs is 1. The van der Waals surface area contributed by atoms with Crippen molar-refractivity contribution in [2.24, 2.45) is 0 Å². The van der Waals surface area contributed by atoms with Crippen LogP contribution in [0.3, 0.4) is 0 Å². The summed E-state index contributed by atoms with van der Waals surface area (Å²) in [6.45, 7) is 7.90. The molecular formula is C21H23NO3. The lowest BCUT2D eigenvalue weighted by molar-refractivity contribution is 0.231. The van der Waals surface area contributed by atoms with Crippen molar-refractivity contribution in [3.8, 4) is 16.9 Å². The summed E-state index contributed by atoms with van der Waals surface area (Å²) in [6, 6.07) is 14.7. The molecule has 0 saturated heterocycles. The van der Waals surface area contributed by atoms with Gasteiger partial charge in [0.2, 0.25) is 0 Å². The van der Waals surface area contributed by atoms with Gasteiger partial charge in [0.15, 0.2) is 0 Å². The van der Waals surface area contributed by atoms with E-state index in [2.05, 4.69) is 18.7 Å². The number of rotatable bonds is 5. The molecule has 0 spiro atoms. The normalized spacial score (nSPS) is 12.6. The zero-order valence-corrected chi connectivity index (χ0v) is 14.8. The number of aromatic hydroxyl groups is 1. The van der Waals surface area contributed by atoms with Gasteiger partial charge in [-0.3, -0.25) is 4.90 Å². The fourth-order valence-electron chi connectivity index (χ4n) is 3.45. The van der Waals surface area contributed by atoms with Crippen LogP contribution in [-0.4, -0.2) is 23.1 Å². The molecule has 1 N–H and O–H groups in total. The molecule has 0 saturated carbocycles. The van der Waals surface area contributed by atoms with Crippen LogP contribution in [0.2, 0.25) is 0 Å². The third-order valence-electron chi connectivity index (χ3n) is 4.77. The first kappa shape index (κ1) is 17.2. The molecule has 0 amide bonds. The number of benzene rings is 2. The smallest absolute Gasteiger partial charge is 0.341 e. The molecule has 0 aliphatic rings. The van der Waals surface area contributed by atoms with Crippen LogP contribution in [-0.2, 0) is 0 Å². The topological polar surface area (TPSA) is 53.7 Å². The summed E-state index contributed by atoms with van der Waals surface area (Å²) < 4.78 is 5.55. The van der Waals surface area contributed by atoms with Gasteiger partial charge in [-0.1, -0.05) is 44.2 Å². The highest BCUT2D eigenvalue weighted by Gasteiger charge is 2.24. The van der Waals surface area contributed by atoms with Crippen molar-refractivity contribution in [2.75, 3.05) is 13.1 Å². The molecule has 1 atom stereocenters. The molecule has 3 rings (SSSR count). The summed E-state index contributed by atoms with van der Waals surface area (Å²) in [5.74, 6) is 0.0826. The third kappa shape index (κ3) is 3.17. The van der Waals surface area contributed by atoms with E-state index in [-0.39, 0.29) is 17.4 Å². The van der Waals surface area contributed by atoms with Gasteiger partial charge in [-0.2, -0.15) is 0 Å². The van der Waals surface area contributed by atoms with Crippen molar-refractivity contribution in [2.45, 2.75) is 26.8 Å². The van der Waals surface area contributed by atoms with E-state index in [1.165, 1.54) is 6.07 Å². The van der Waals surface area contributed by atoms with Crippen molar-refractivity contribution in [1.29, 1.82) is 0 Å². The lowest BCUT2D eigenvalue weighted by Gasteiger charge is -2.27. The zero-order valence-electron chi connectivity index (χ0n) is 14.8. The van der Waals surface area contributed by atoms with E-state index < -0.39 is 0 Å². The SMILES string of the molecule is CCN(CC)C(C)c1c(-c2ccccc2)c2ccc(O)cc2oc1=O. The van der Waals surface area contributed by atoms with Gasteiger partial charge in [0, 0.05) is 23.1 Å². The Morgan fingerprint density at radius 2 is 1.76 bits per heavy atom. The van der Waals surface area contributed by atoms with Crippen LogP contribution >= 0.6 is 0 Å². The maximum atomic E-state index is 12.8. The average molecular weight is 337 g/mol. The number of hydrogen-bond donors (Lipinski definition) is 1. The minimum Gasteiger partial charge on any atom is -0.508 e. The molecule has 4 nitrogen and oxygen atoms in total. The van der Waals surface area contributed by atoms with E-state index in [0.717, 1.165) is 29.6 Å². The summed E-state index contributed by atoms with van der Waals surface area (Å²) >= 11 is 0. The standard InChI is InChI=1S/C21H23NO3/c1-4-22(5-2)14(3)19-20(15-9-7-6-8-10-15)17-12-11-16(23)13-18(17)25-21(19)24/h6-14,23H,4-5H2,1-3H3. The Labute approximate surface area is 147 Å². The predicted molar refractivity (Wildman–Crippen MR) is 101 cm³/mol. The summed E-state index contributed by atoms with van der Waals surface area (Å²) in [4.78, 5) is 15.1. The molecule has 1 unspecified atom stereocenters. The van der Waals surface area contributed by atoms with Gasteiger partial charge in [0.1, 0.15) is 11.3 Å². The number of hydrogen-bond acceptors (Lipinski definition) is 4. The molecule has 2 aromatic carbocycles. The van der Waals surface area contributed by atoms with Gasteiger partial charge in [-0.15, -0.1) is 0 Å².